The van der Waals surface area contributed by atoms with Crippen LogP contribution in [0.1, 0.15) is 72.8 Å². The zero-order valence-electron chi connectivity index (χ0n) is 20.7. The summed E-state index contributed by atoms with van der Waals surface area (Å²) in [6.45, 7) is 20.6. The van der Waals surface area contributed by atoms with Crippen molar-refractivity contribution in [3.63, 3.8) is 0 Å². The molecular weight excluding hydrogens is 375 g/mol. The van der Waals surface area contributed by atoms with Crippen molar-refractivity contribution in [2.75, 3.05) is 6.61 Å². The zero-order chi connectivity index (χ0) is 22.1. The van der Waals surface area contributed by atoms with E-state index in [0.717, 1.165) is 41.1 Å². The molecule has 0 aromatic heterocycles. The molecule has 0 N–H and O–H groups in total. The van der Waals surface area contributed by atoms with E-state index in [-0.39, 0.29) is 0 Å². The van der Waals surface area contributed by atoms with E-state index in [1.165, 1.54) is 31.2 Å². The lowest BCUT2D eigenvalue weighted by Crippen LogP contribution is -2.60. The molecule has 0 unspecified atom stereocenters. The van der Waals surface area contributed by atoms with Gasteiger partial charge in [0.2, 0.25) is 0 Å². The lowest BCUT2D eigenvalue weighted by molar-refractivity contribution is -0.111. The topological polar surface area (TPSA) is 9.23 Å². The standard InChI is InChI=1S/C29H43BO/c1-18(21-11-9-8-10-12-21)17-31-30(26-15-22-13-24(19(26)2)28(22,4)5)27-16-23-14-25(20(27)3)29(23,6)7/h8-12,19-20,22-27H,1,13-17H2,2-7H3/t19-,20-,22+,23+,24-,25-,26-,27-/m1/s1. The molecule has 0 radical (unpaired) electrons. The molecule has 8 atom stereocenters. The van der Waals surface area contributed by atoms with Crippen LogP contribution in [0.5, 0.6) is 0 Å². The molecule has 6 fully saturated rings. The first-order chi connectivity index (χ1) is 14.6. The van der Waals surface area contributed by atoms with Gasteiger partial charge in [-0.3, -0.25) is 0 Å². The Morgan fingerprint density at radius 3 is 1.77 bits per heavy atom. The van der Waals surface area contributed by atoms with Crippen LogP contribution in [-0.2, 0) is 4.65 Å². The third-order valence-electron chi connectivity index (χ3n) is 11.3. The maximum atomic E-state index is 6.95. The average Bonchev–Trinajstić information content (AvgIpc) is 2.75. The molecule has 0 amide bonds. The van der Waals surface area contributed by atoms with Crippen molar-refractivity contribution in [2.45, 2.75) is 78.9 Å². The van der Waals surface area contributed by atoms with E-state index in [2.05, 4.69) is 78.5 Å². The lowest BCUT2D eigenvalue weighted by Gasteiger charge is -2.66. The van der Waals surface area contributed by atoms with Gasteiger partial charge in [-0.25, -0.2) is 0 Å². The molecule has 6 aliphatic carbocycles. The van der Waals surface area contributed by atoms with Gasteiger partial charge in [-0.05, 0) is 82.0 Å². The van der Waals surface area contributed by atoms with E-state index in [1.807, 2.05) is 0 Å². The van der Waals surface area contributed by atoms with Crippen LogP contribution >= 0.6 is 0 Å². The van der Waals surface area contributed by atoms with Crippen LogP contribution in [0.3, 0.4) is 0 Å². The summed E-state index contributed by atoms with van der Waals surface area (Å²) in [5, 5.41) is 0. The third kappa shape index (κ3) is 3.30. The van der Waals surface area contributed by atoms with Crippen molar-refractivity contribution < 1.29 is 4.65 Å². The van der Waals surface area contributed by atoms with Gasteiger partial charge < -0.3 is 4.65 Å². The first kappa shape index (κ1) is 21.8. The SMILES string of the molecule is C=C(COB([C@@H]1C[C@@H]2C[C@H]([C@H]1C)C2(C)C)[C@@H]1C[C@@H]2C[C@H]([C@H]1C)C2(C)C)c1ccccc1. The summed E-state index contributed by atoms with van der Waals surface area (Å²) >= 11 is 0. The number of fused-ring (bicyclic) bond motifs is 4. The highest BCUT2D eigenvalue weighted by Crippen LogP contribution is 2.69. The predicted molar refractivity (Wildman–Crippen MR) is 133 cm³/mol. The van der Waals surface area contributed by atoms with Crippen LogP contribution in [-0.4, -0.2) is 13.5 Å². The van der Waals surface area contributed by atoms with E-state index >= 15 is 0 Å². The normalized spacial score (nSPS) is 41.6. The molecular formula is C29H43BO. The number of benzene rings is 1. The summed E-state index contributed by atoms with van der Waals surface area (Å²) in [6, 6.07) is 10.6. The first-order valence-electron chi connectivity index (χ1n) is 13.0. The number of rotatable bonds is 6. The molecule has 0 saturated heterocycles. The Balaban J connectivity index is 1.37. The Morgan fingerprint density at radius 2 is 1.35 bits per heavy atom. The Bertz CT molecular complexity index is 784. The Labute approximate surface area is 191 Å². The summed E-state index contributed by atoms with van der Waals surface area (Å²) in [5.74, 6) is 6.52. The van der Waals surface area contributed by atoms with E-state index in [4.69, 9.17) is 4.65 Å². The quantitative estimate of drug-likeness (QED) is 0.427. The van der Waals surface area contributed by atoms with Crippen LogP contribution in [0.2, 0.25) is 11.6 Å². The van der Waals surface area contributed by atoms with E-state index in [9.17, 15) is 0 Å². The van der Waals surface area contributed by atoms with Gasteiger partial charge in [0.25, 0.3) is 6.92 Å². The lowest BCUT2D eigenvalue weighted by atomic mass is 9.27. The minimum Gasteiger partial charge on any atom is -0.431 e. The second-order valence-electron chi connectivity index (χ2n) is 13.0. The van der Waals surface area contributed by atoms with Crippen molar-refractivity contribution in [1.82, 2.24) is 0 Å². The van der Waals surface area contributed by atoms with Gasteiger partial charge in [0.05, 0.1) is 6.61 Å². The van der Waals surface area contributed by atoms with E-state index in [0.29, 0.717) is 36.0 Å². The van der Waals surface area contributed by atoms with Gasteiger partial charge in [-0.15, -0.1) is 0 Å². The molecule has 0 aliphatic heterocycles. The number of hydrogen-bond acceptors (Lipinski definition) is 1. The summed E-state index contributed by atoms with van der Waals surface area (Å²) in [5.41, 5.74) is 3.43. The van der Waals surface area contributed by atoms with Gasteiger partial charge in [0.15, 0.2) is 0 Å². The molecule has 6 aliphatic rings. The second kappa shape index (κ2) is 7.51. The van der Waals surface area contributed by atoms with Crippen LogP contribution in [0.4, 0.5) is 0 Å². The average molecular weight is 418 g/mol. The monoisotopic (exact) mass is 418 g/mol. The molecule has 0 heterocycles. The molecule has 31 heavy (non-hydrogen) atoms. The zero-order valence-corrected chi connectivity index (χ0v) is 20.7. The highest BCUT2D eigenvalue weighted by atomic mass is 16.4. The second-order valence-corrected chi connectivity index (χ2v) is 13.0. The van der Waals surface area contributed by atoms with Crippen molar-refractivity contribution in [3.05, 3.63) is 42.5 Å². The van der Waals surface area contributed by atoms with Crippen LogP contribution < -0.4 is 0 Å². The molecule has 6 saturated carbocycles. The highest BCUT2D eigenvalue weighted by Gasteiger charge is 2.63. The minimum absolute atomic E-state index is 0.397. The molecule has 1 nitrogen and oxygen atoms in total. The Hall–Kier alpha value is -1.02. The van der Waals surface area contributed by atoms with Crippen molar-refractivity contribution in [1.29, 1.82) is 0 Å². The van der Waals surface area contributed by atoms with Crippen LogP contribution in [0, 0.1) is 46.3 Å². The molecule has 7 rings (SSSR count). The van der Waals surface area contributed by atoms with Crippen LogP contribution in [0.15, 0.2) is 36.9 Å². The van der Waals surface area contributed by atoms with Gasteiger partial charge in [0.1, 0.15) is 0 Å². The maximum absolute atomic E-state index is 6.95. The highest BCUT2D eigenvalue weighted by molar-refractivity contribution is 6.55. The fourth-order valence-corrected chi connectivity index (χ4v) is 8.77. The summed E-state index contributed by atoms with van der Waals surface area (Å²) in [4.78, 5) is 0. The largest absolute Gasteiger partial charge is 0.431 e. The van der Waals surface area contributed by atoms with Gasteiger partial charge in [-0.2, -0.15) is 0 Å². The third-order valence-corrected chi connectivity index (χ3v) is 11.3. The van der Waals surface area contributed by atoms with Crippen LogP contribution in [0.25, 0.3) is 5.57 Å². The fourth-order valence-electron chi connectivity index (χ4n) is 8.77. The van der Waals surface area contributed by atoms with Gasteiger partial charge >= 0.3 is 0 Å². The minimum atomic E-state index is 0.397. The molecule has 1 aromatic rings. The fraction of sp³-hybridized carbons (Fsp3) is 0.724. The molecule has 168 valence electrons. The van der Waals surface area contributed by atoms with E-state index in [1.54, 1.807) is 0 Å². The first-order valence-corrected chi connectivity index (χ1v) is 13.0. The molecule has 0 spiro atoms. The van der Waals surface area contributed by atoms with Gasteiger partial charge in [-0.1, -0.05) is 91.3 Å². The Kier molecular flexibility index (Phi) is 5.28. The molecule has 1 aromatic carbocycles. The predicted octanol–water partition coefficient (Wildman–Crippen LogP) is 7.85. The van der Waals surface area contributed by atoms with Crippen molar-refractivity contribution in [3.8, 4) is 0 Å². The summed E-state index contributed by atoms with van der Waals surface area (Å²) in [6.07, 6.45) is 5.64. The van der Waals surface area contributed by atoms with Gasteiger partial charge in [0, 0.05) is 0 Å². The van der Waals surface area contributed by atoms with Crippen molar-refractivity contribution >= 4 is 12.5 Å². The molecule has 4 bridgehead atoms. The summed E-state index contributed by atoms with van der Waals surface area (Å²) in [7, 11) is 0. The van der Waals surface area contributed by atoms with E-state index < -0.39 is 0 Å². The van der Waals surface area contributed by atoms with Crippen molar-refractivity contribution in [2.24, 2.45) is 46.3 Å². The maximum Gasteiger partial charge on any atom is 0.300 e. The smallest absolute Gasteiger partial charge is 0.300 e. The Morgan fingerprint density at radius 1 is 0.871 bits per heavy atom. The number of hydrogen-bond donors (Lipinski definition) is 0. The molecule has 2 heteroatoms. The summed E-state index contributed by atoms with van der Waals surface area (Å²) < 4.78 is 6.95.